The van der Waals surface area contributed by atoms with Crippen LogP contribution in [0.25, 0.3) is 11.3 Å². The van der Waals surface area contributed by atoms with Crippen molar-refractivity contribution in [1.29, 1.82) is 0 Å². The largest absolute Gasteiger partial charge is 0.453 e. The molecule has 2 heterocycles. The lowest BCUT2D eigenvalue weighted by Crippen LogP contribution is -2.31. The Bertz CT molecular complexity index is 654. The second kappa shape index (κ2) is 6.58. The summed E-state index contributed by atoms with van der Waals surface area (Å²) in [7, 11) is 0. The Balaban J connectivity index is 1.62. The van der Waals surface area contributed by atoms with Crippen LogP contribution in [0.15, 0.2) is 40.8 Å². The fraction of sp³-hybridized carbons (Fsp3) is 0.294. The molecular formula is C17H17NO4. The van der Waals surface area contributed by atoms with Crippen LogP contribution in [0.2, 0.25) is 0 Å². The molecule has 3 rings (SSSR count). The number of hydrogen-bond acceptors (Lipinski definition) is 4. The van der Waals surface area contributed by atoms with Gasteiger partial charge in [-0.15, -0.1) is 0 Å². The number of benzene rings is 1. The van der Waals surface area contributed by atoms with Gasteiger partial charge in [0.2, 0.25) is 0 Å². The van der Waals surface area contributed by atoms with Gasteiger partial charge in [-0.2, -0.15) is 0 Å². The Morgan fingerprint density at radius 1 is 1.23 bits per heavy atom. The van der Waals surface area contributed by atoms with E-state index in [9.17, 15) is 9.59 Å². The summed E-state index contributed by atoms with van der Waals surface area (Å²) >= 11 is 0. The molecule has 1 aliphatic rings. The summed E-state index contributed by atoms with van der Waals surface area (Å²) < 4.78 is 10.8. The second-order valence-corrected chi connectivity index (χ2v) is 5.24. The van der Waals surface area contributed by atoms with Crippen molar-refractivity contribution in [3.8, 4) is 11.3 Å². The fourth-order valence-electron chi connectivity index (χ4n) is 2.47. The molecular weight excluding hydrogens is 282 g/mol. The number of furan rings is 1. The van der Waals surface area contributed by atoms with Crippen LogP contribution in [0.4, 0.5) is 0 Å². The smallest absolute Gasteiger partial charge is 0.251 e. The topological polar surface area (TPSA) is 68.5 Å². The Labute approximate surface area is 128 Å². The quantitative estimate of drug-likeness (QED) is 0.862. The van der Waals surface area contributed by atoms with Crippen LogP contribution in [0.1, 0.15) is 33.8 Å². The highest BCUT2D eigenvalue weighted by Gasteiger charge is 2.16. The van der Waals surface area contributed by atoms with E-state index in [-0.39, 0.29) is 17.8 Å². The van der Waals surface area contributed by atoms with Crippen LogP contribution >= 0.6 is 0 Å². The zero-order chi connectivity index (χ0) is 15.4. The summed E-state index contributed by atoms with van der Waals surface area (Å²) in [4.78, 5) is 22.7. The third-order valence-corrected chi connectivity index (χ3v) is 3.69. The van der Waals surface area contributed by atoms with Crippen LogP contribution in [0.5, 0.6) is 0 Å². The van der Waals surface area contributed by atoms with E-state index in [0.29, 0.717) is 24.2 Å². The normalized spacial score (nSPS) is 17.4. The first-order chi connectivity index (χ1) is 10.8. The standard InChI is InChI=1S/C17H17NO4/c19-11-15-7-8-16(22-15)12-3-5-13(6-4-12)17(20)18-10-14-2-1-9-21-14/h3-8,11,14H,1-2,9-10H2,(H,18,20). The van der Waals surface area contributed by atoms with Gasteiger partial charge in [-0.05, 0) is 37.1 Å². The van der Waals surface area contributed by atoms with E-state index in [0.717, 1.165) is 25.0 Å². The molecule has 1 atom stereocenters. The predicted molar refractivity (Wildman–Crippen MR) is 80.8 cm³/mol. The molecule has 1 fully saturated rings. The first kappa shape index (κ1) is 14.5. The lowest BCUT2D eigenvalue weighted by atomic mass is 10.1. The molecule has 114 valence electrons. The van der Waals surface area contributed by atoms with Gasteiger partial charge in [0.25, 0.3) is 5.91 Å². The number of rotatable bonds is 5. The van der Waals surface area contributed by atoms with E-state index in [1.807, 2.05) is 0 Å². The van der Waals surface area contributed by atoms with Crippen LogP contribution < -0.4 is 5.32 Å². The van der Waals surface area contributed by atoms with Crippen LogP contribution in [-0.2, 0) is 4.74 Å². The summed E-state index contributed by atoms with van der Waals surface area (Å²) in [5.74, 6) is 0.775. The molecule has 2 aromatic rings. The summed E-state index contributed by atoms with van der Waals surface area (Å²) in [6, 6.07) is 10.4. The number of nitrogens with one attached hydrogen (secondary N) is 1. The van der Waals surface area contributed by atoms with E-state index in [4.69, 9.17) is 9.15 Å². The Hall–Kier alpha value is -2.40. The third-order valence-electron chi connectivity index (χ3n) is 3.69. The minimum absolute atomic E-state index is 0.116. The highest BCUT2D eigenvalue weighted by molar-refractivity contribution is 5.94. The van der Waals surface area contributed by atoms with Gasteiger partial charge in [-0.3, -0.25) is 9.59 Å². The summed E-state index contributed by atoms with van der Waals surface area (Å²) in [6.45, 7) is 1.32. The predicted octanol–water partition coefficient (Wildman–Crippen LogP) is 2.67. The van der Waals surface area contributed by atoms with Crippen molar-refractivity contribution in [2.75, 3.05) is 13.2 Å². The minimum Gasteiger partial charge on any atom is -0.453 e. The molecule has 0 radical (unpaired) electrons. The van der Waals surface area contributed by atoms with E-state index >= 15 is 0 Å². The zero-order valence-electron chi connectivity index (χ0n) is 12.1. The first-order valence-electron chi connectivity index (χ1n) is 7.31. The Kier molecular flexibility index (Phi) is 4.34. The highest BCUT2D eigenvalue weighted by Crippen LogP contribution is 2.22. The van der Waals surface area contributed by atoms with Gasteiger partial charge >= 0.3 is 0 Å². The molecule has 22 heavy (non-hydrogen) atoms. The van der Waals surface area contributed by atoms with E-state index in [1.165, 1.54) is 0 Å². The molecule has 1 unspecified atom stereocenters. The van der Waals surface area contributed by atoms with Gasteiger partial charge < -0.3 is 14.5 Å². The maximum absolute atomic E-state index is 12.1. The SMILES string of the molecule is O=Cc1ccc(-c2ccc(C(=O)NCC3CCCO3)cc2)o1. The van der Waals surface area contributed by atoms with Crippen molar-refractivity contribution in [2.45, 2.75) is 18.9 Å². The minimum atomic E-state index is -0.116. The van der Waals surface area contributed by atoms with Crippen LogP contribution in [0.3, 0.4) is 0 Å². The average Bonchev–Trinajstić information content (AvgIpc) is 3.24. The van der Waals surface area contributed by atoms with Crippen molar-refractivity contribution >= 4 is 12.2 Å². The molecule has 1 aromatic heterocycles. The summed E-state index contributed by atoms with van der Waals surface area (Å²) in [5.41, 5.74) is 1.41. The molecule has 0 spiro atoms. The first-order valence-corrected chi connectivity index (χ1v) is 7.31. The second-order valence-electron chi connectivity index (χ2n) is 5.24. The van der Waals surface area contributed by atoms with Gasteiger partial charge in [0.05, 0.1) is 6.10 Å². The molecule has 1 aromatic carbocycles. The van der Waals surface area contributed by atoms with Gasteiger partial charge in [-0.1, -0.05) is 12.1 Å². The molecule has 0 bridgehead atoms. The number of amides is 1. The lowest BCUT2D eigenvalue weighted by molar-refractivity contribution is 0.0857. The molecule has 0 saturated carbocycles. The van der Waals surface area contributed by atoms with Gasteiger partial charge in [-0.25, -0.2) is 0 Å². The van der Waals surface area contributed by atoms with Crippen LogP contribution in [-0.4, -0.2) is 31.4 Å². The lowest BCUT2D eigenvalue weighted by Gasteiger charge is -2.10. The monoisotopic (exact) mass is 299 g/mol. The summed E-state index contributed by atoms with van der Waals surface area (Å²) in [6.07, 6.45) is 2.85. The molecule has 1 saturated heterocycles. The van der Waals surface area contributed by atoms with Crippen molar-refractivity contribution in [3.05, 3.63) is 47.7 Å². The van der Waals surface area contributed by atoms with Crippen molar-refractivity contribution in [2.24, 2.45) is 0 Å². The number of carbonyl (C=O) groups excluding carboxylic acids is 2. The van der Waals surface area contributed by atoms with Gasteiger partial charge in [0, 0.05) is 24.3 Å². The third kappa shape index (κ3) is 3.26. The zero-order valence-corrected chi connectivity index (χ0v) is 12.1. The summed E-state index contributed by atoms with van der Waals surface area (Å²) in [5, 5.41) is 2.88. The molecule has 1 amide bonds. The Morgan fingerprint density at radius 3 is 2.68 bits per heavy atom. The molecule has 1 aliphatic heterocycles. The highest BCUT2D eigenvalue weighted by atomic mass is 16.5. The van der Waals surface area contributed by atoms with E-state index < -0.39 is 0 Å². The maximum atomic E-state index is 12.1. The van der Waals surface area contributed by atoms with Gasteiger partial charge in [0.1, 0.15) is 5.76 Å². The van der Waals surface area contributed by atoms with Crippen LogP contribution in [0, 0.1) is 0 Å². The van der Waals surface area contributed by atoms with Crippen molar-refractivity contribution in [3.63, 3.8) is 0 Å². The fourth-order valence-corrected chi connectivity index (χ4v) is 2.47. The number of hydrogen-bond donors (Lipinski definition) is 1. The molecule has 0 aliphatic carbocycles. The van der Waals surface area contributed by atoms with Gasteiger partial charge in [0.15, 0.2) is 12.0 Å². The van der Waals surface area contributed by atoms with E-state index in [2.05, 4.69) is 5.32 Å². The maximum Gasteiger partial charge on any atom is 0.251 e. The molecule has 5 nitrogen and oxygen atoms in total. The van der Waals surface area contributed by atoms with E-state index in [1.54, 1.807) is 36.4 Å². The number of ether oxygens (including phenoxy) is 1. The van der Waals surface area contributed by atoms with Crippen molar-refractivity contribution < 1.29 is 18.7 Å². The average molecular weight is 299 g/mol. The number of aldehydes is 1. The van der Waals surface area contributed by atoms with Crippen molar-refractivity contribution in [1.82, 2.24) is 5.32 Å². The number of carbonyl (C=O) groups is 2. The molecule has 1 N–H and O–H groups in total. The molecule has 5 heteroatoms. The Morgan fingerprint density at radius 2 is 2.05 bits per heavy atom.